The lowest BCUT2D eigenvalue weighted by Crippen LogP contribution is -2.16. The van der Waals surface area contributed by atoms with Gasteiger partial charge in [0.1, 0.15) is 22.9 Å². The second-order valence-corrected chi connectivity index (χ2v) is 5.94. The summed E-state index contributed by atoms with van der Waals surface area (Å²) in [5.74, 6) is -1.53. The van der Waals surface area contributed by atoms with Crippen molar-refractivity contribution in [3.63, 3.8) is 0 Å². The monoisotopic (exact) mass is 467 g/mol. The second kappa shape index (κ2) is 8.71. The molecule has 2 aromatic rings. The van der Waals surface area contributed by atoms with Gasteiger partial charge >= 0.3 is 12.1 Å². The lowest BCUT2D eigenvalue weighted by molar-refractivity contribution is -0.0558. The Bertz CT molecular complexity index is 887. The van der Waals surface area contributed by atoms with E-state index in [-0.39, 0.29) is 33.6 Å². The molecule has 2 rings (SSSR count). The Morgan fingerprint density at radius 2 is 1.93 bits per heavy atom. The highest BCUT2D eigenvalue weighted by atomic mass is 79.9. The van der Waals surface area contributed by atoms with Gasteiger partial charge in [-0.3, -0.25) is 0 Å². The maximum absolute atomic E-state index is 13.6. The Labute approximate surface area is 164 Å². The fourth-order valence-corrected chi connectivity index (χ4v) is 2.69. The number of rotatable bonds is 5. The van der Waals surface area contributed by atoms with Crippen molar-refractivity contribution in [2.75, 3.05) is 7.11 Å². The normalized spacial score (nSPS) is 12.0. The topological polar surface area (TPSA) is 47.9 Å². The quantitative estimate of drug-likeness (QED) is 0.229. The van der Waals surface area contributed by atoms with Crippen molar-refractivity contribution in [1.82, 2.24) is 0 Å². The van der Waals surface area contributed by atoms with Crippen molar-refractivity contribution in [3.05, 3.63) is 53.3 Å². The maximum Gasteiger partial charge on any atom is 0.444 e. The fraction of sp³-hybridized carbons (Fsp3) is 0.176. The zero-order chi connectivity index (χ0) is 20.2. The van der Waals surface area contributed by atoms with Crippen molar-refractivity contribution in [2.45, 2.75) is 11.5 Å². The molecule has 2 aromatic carbocycles. The minimum Gasteiger partial charge on any atom is -0.465 e. The third-order valence-corrected chi connectivity index (χ3v) is 4.12. The molecular formula is C17H11BrClF4NO3. The summed E-state index contributed by atoms with van der Waals surface area (Å²) < 4.78 is 61.7. The molecule has 10 heteroatoms. The molecule has 0 saturated heterocycles. The summed E-state index contributed by atoms with van der Waals surface area (Å²) in [6.07, 6.45) is -4.80. The minimum absolute atomic E-state index is 0.0540. The Morgan fingerprint density at radius 3 is 2.52 bits per heavy atom. The van der Waals surface area contributed by atoms with Crippen LogP contribution in [0.1, 0.15) is 15.9 Å². The van der Waals surface area contributed by atoms with Gasteiger partial charge in [0.15, 0.2) is 0 Å². The van der Waals surface area contributed by atoms with E-state index in [9.17, 15) is 22.4 Å². The SMILES string of the molecule is COC(=O)c1ccc(F)cc1Oc1cccc(N=C(Cl)C(F)(F)F)c1CBr. The summed E-state index contributed by atoms with van der Waals surface area (Å²) in [7, 11) is 1.15. The van der Waals surface area contributed by atoms with E-state index in [0.29, 0.717) is 0 Å². The van der Waals surface area contributed by atoms with Crippen LogP contribution in [0.3, 0.4) is 0 Å². The number of aliphatic imine (C=N–C) groups is 1. The first-order valence-corrected chi connectivity index (χ1v) is 8.72. The van der Waals surface area contributed by atoms with Crippen LogP contribution in [0.2, 0.25) is 0 Å². The standard InChI is InChI=1S/C17H11BrClF4NO3/c1-26-15(25)10-6-5-9(20)7-14(10)27-13-4-2-3-12(11(13)8-18)24-16(19)17(21,22)23/h2-7H,8H2,1H3. The van der Waals surface area contributed by atoms with Gasteiger partial charge in [-0.25, -0.2) is 14.2 Å². The molecule has 0 unspecified atom stereocenters. The average molecular weight is 469 g/mol. The number of methoxy groups -OCH3 is 1. The van der Waals surface area contributed by atoms with Gasteiger partial charge in [0.2, 0.25) is 5.17 Å². The largest absolute Gasteiger partial charge is 0.465 e. The van der Waals surface area contributed by atoms with Crippen LogP contribution < -0.4 is 4.74 Å². The minimum atomic E-state index is -4.80. The molecule has 0 aliphatic carbocycles. The number of benzene rings is 2. The Morgan fingerprint density at radius 1 is 1.22 bits per heavy atom. The molecule has 0 amide bonds. The van der Waals surface area contributed by atoms with Crippen molar-refractivity contribution < 1.29 is 31.8 Å². The van der Waals surface area contributed by atoms with E-state index < -0.39 is 23.1 Å². The van der Waals surface area contributed by atoms with Gasteiger partial charge in [-0.15, -0.1) is 0 Å². The second-order valence-electron chi connectivity index (χ2n) is 5.02. The highest BCUT2D eigenvalue weighted by molar-refractivity contribution is 9.08. The first-order chi connectivity index (χ1) is 12.7. The van der Waals surface area contributed by atoms with Crippen molar-refractivity contribution in [2.24, 2.45) is 4.99 Å². The summed E-state index contributed by atoms with van der Waals surface area (Å²) in [5.41, 5.74) is 0.0735. The summed E-state index contributed by atoms with van der Waals surface area (Å²) in [6.45, 7) is 0. The number of hydrogen-bond donors (Lipinski definition) is 0. The molecule has 27 heavy (non-hydrogen) atoms. The number of hydrogen-bond acceptors (Lipinski definition) is 4. The lowest BCUT2D eigenvalue weighted by atomic mass is 10.1. The Kier molecular flexibility index (Phi) is 6.83. The van der Waals surface area contributed by atoms with Gasteiger partial charge in [-0.05, 0) is 24.3 Å². The maximum atomic E-state index is 13.6. The molecule has 0 aliphatic rings. The number of carbonyl (C=O) groups is 1. The van der Waals surface area contributed by atoms with E-state index in [1.54, 1.807) is 0 Å². The smallest absolute Gasteiger partial charge is 0.444 e. The fourth-order valence-electron chi connectivity index (χ4n) is 2.04. The van der Waals surface area contributed by atoms with E-state index in [0.717, 1.165) is 19.2 Å². The van der Waals surface area contributed by atoms with Crippen LogP contribution in [-0.4, -0.2) is 24.4 Å². The molecule has 144 valence electrons. The zero-order valence-corrected chi connectivity index (χ0v) is 16.0. The first-order valence-electron chi connectivity index (χ1n) is 7.22. The molecule has 0 heterocycles. The van der Waals surface area contributed by atoms with Gasteiger partial charge in [-0.2, -0.15) is 13.2 Å². The molecule has 0 N–H and O–H groups in total. The van der Waals surface area contributed by atoms with Crippen molar-refractivity contribution >= 4 is 44.4 Å². The molecular weight excluding hydrogens is 458 g/mol. The highest BCUT2D eigenvalue weighted by Crippen LogP contribution is 2.36. The van der Waals surface area contributed by atoms with Crippen LogP contribution in [0.15, 0.2) is 41.4 Å². The summed E-state index contributed by atoms with van der Waals surface area (Å²) in [6, 6.07) is 7.31. The predicted molar refractivity (Wildman–Crippen MR) is 95.9 cm³/mol. The summed E-state index contributed by atoms with van der Waals surface area (Å²) in [4.78, 5) is 15.2. The van der Waals surface area contributed by atoms with E-state index in [4.69, 9.17) is 16.3 Å². The van der Waals surface area contributed by atoms with Crippen molar-refractivity contribution in [3.8, 4) is 11.5 Å². The third-order valence-electron chi connectivity index (χ3n) is 3.26. The molecule has 0 saturated carbocycles. The number of carbonyl (C=O) groups excluding carboxylic acids is 1. The molecule has 0 spiro atoms. The number of ether oxygens (including phenoxy) is 2. The molecule has 0 radical (unpaired) electrons. The van der Waals surface area contributed by atoms with Crippen LogP contribution in [0.4, 0.5) is 23.2 Å². The van der Waals surface area contributed by atoms with Crippen molar-refractivity contribution in [1.29, 1.82) is 0 Å². The summed E-state index contributed by atoms with van der Waals surface area (Å²) in [5, 5.41) is -1.49. The molecule has 4 nitrogen and oxygen atoms in total. The first kappa shape index (κ1) is 21.2. The number of halogens is 6. The summed E-state index contributed by atoms with van der Waals surface area (Å²) >= 11 is 8.35. The molecule has 0 aromatic heterocycles. The number of nitrogens with zero attached hydrogens (tertiary/aromatic N) is 1. The molecule has 0 bridgehead atoms. The third kappa shape index (κ3) is 5.20. The molecule has 0 fully saturated rings. The highest BCUT2D eigenvalue weighted by Gasteiger charge is 2.34. The van der Waals surface area contributed by atoms with Crippen LogP contribution in [-0.2, 0) is 10.1 Å². The zero-order valence-electron chi connectivity index (χ0n) is 13.6. The van der Waals surface area contributed by atoms with E-state index in [1.165, 1.54) is 24.3 Å². The van der Waals surface area contributed by atoms with Crippen LogP contribution in [0, 0.1) is 5.82 Å². The van der Waals surface area contributed by atoms with E-state index in [1.807, 2.05) is 0 Å². The van der Waals surface area contributed by atoms with Gasteiger partial charge in [0.05, 0.1) is 12.8 Å². The Balaban J connectivity index is 2.51. The van der Waals surface area contributed by atoms with Crippen LogP contribution in [0.25, 0.3) is 0 Å². The lowest BCUT2D eigenvalue weighted by Gasteiger charge is -2.14. The van der Waals surface area contributed by atoms with Crippen LogP contribution >= 0.6 is 27.5 Å². The number of alkyl halides is 4. The average Bonchev–Trinajstić information content (AvgIpc) is 2.60. The Hall–Kier alpha value is -2.13. The molecule has 0 atom stereocenters. The molecule has 0 aliphatic heterocycles. The van der Waals surface area contributed by atoms with Gasteiger partial charge < -0.3 is 9.47 Å². The van der Waals surface area contributed by atoms with Gasteiger partial charge in [0.25, 0.3) is 0 Å². The predicted octanol–water partition coefficient (Wildman–Crippen LogP) is 6.13. The number of esters is 1. The van der Waals surface area contributed by atoms with E-state index in [2.05, 4.69) is 25.7 Å². The van der Waals surface area contributed by atoms with Crippen LogP contribution in [0.5, 0.6) is 11.5 Å². The van der Waals surface area contributed by atoms with Gasteiger partial charge in [0, 0.05) is 17.0 Å². The van der Waals surface area contributed by atoms with Gasteiger partial charge in [-0.1, -0.05) is 33.6 Å². The van der Waals surface area contributed by atoms with E-state index >= 15 is 0 Å².